The average Bonchev–Trinajstić information content (AvgIpc) is 2.33. The Labute approximate surface area is 106 Å². The molecule has 18 heavy (non-hydrogen) atoms. The van der Waals surface area contributed by atoms with Crippen LogP contribution in [0.25, 0.3) is 0 Å². The maximum atomic E-state index is 12.5. The van der Waals surface area contributed by atoms with Gasteiger partial charge in [-0.3, -0.25) is 0 Å². The van der Waals surface area contributed by atoms with E-state index in [0.29, 0.717) is 12.1 Å². The van der Waals surface area contributed by atoms with Gasteiger partial charge in [0, 0.05) is 6.04 Å². The van der Waals surface area contributed by atoms with Crippen molar-refractivity contribution in [3.05, 3.63) is 35.9 Å². The summed E-state index contributed by atoms with van der Waals surface area (Å²) in [6.07, 6.45) is -1.93. The van der Waals surface area contributed by atoms with Crippen LogP contribution in [0.2, 0.25) is 0 Å². The second-order valence-corrected chi connectivity index (χ2v) is 4.44. The van der Waals surface area contributed by atoms with E-state index in [1.54, 1.807) is 24.3 Å². The van der Waals surface area contributed by atoms with E-state index in [4.69, 9.17) is 0 Å². The van der Waals surface area contributed by atoms with E-state index in [1.807, 2.05) is 6.07 Å². The normalized spacial score (nSPS) is 13.6. The molecule has 1 rings (SSSR count). The van der Waals surface area contributed by atoms with Crippen LogP contribution < -0.4 is 5.32 Å². The zero-order valence-corrected chi connectivity index (χ0v) is 10.6. The number of benzene rings is 1. The second-order valence-electron chi connectivity index (χ2n) is 4.44. The van der Waals surface area contributed by atoms with Crippen molar-refractivity contribution in [2.75, 3.05) is 6.54 Å². The summed E-state index contributed by atoms with van der Waals surface area (Å²) in [6.45, 7) is 2.70. The summed E-state index contributed by atoms with van der Waals surface area (Å²) < 4.78 is 37.6. The van der Waals surface area contributed by atoms with Crippen molar-refractivity contribution in [3.8, 4) is 0 Å². The second kappa shape index (κ2) is 7.41. The SMILES string of the molecule is CCCCCNC(CC(F)(F)F)c1ccccc1. The molecule has 0 spiro atoms. The molecule has 0 aromatic heterocycles. The van der Waals surface area contributed by atoms with E-state index in [2.05, 4.69) is 12.2 Å². The molecule has 1 unspecified atom stereocenters. The highest BCUT2D eigenvalue weighted by atomic mass is 19.4. The minimum atomic E-state index is -4.14. The number of hydrogen-bond acceptors (Lipinski definition) is 1. The first kappa shape index (κ1) is 15.0. The molecule has 0 aliphatic carbocycles. The van der Waals surface area contributed by atoms with Crippen LogP contribution in [-0.2, 0) is 0 Å². The molecule has 1 N–H and O–H groups in total. The van der Waals surface area contributed by atoms with Gasteiger partial charge in [-0.05, 0) is 18.5 Å². The van der Waals surface area contributed by atoms with E-state index in [-0.39, 0.29) is 0 Å². The fraction of sp³-hybridized carbons (Fsp3) is 0.571. The van der Waals surface area contributed by atoms with Crippen LogP contribution in [0.5, 0.6) is 0 Å². The Morgan fingerprint density at radius 1 is 1.11 bits per heavy atom. The largest absolute Gasteiger partial charge is 0.390 e. The van der Waals surface area contributed by atoms with Crippen LogP contribution >= 0.6 is 0 Å². The summed E-state index contributed by atoms with van der Waals surface area (Å²) >= 11 is 0. The van der Waals surface area contributed by atoms with Crippen LogP contribution in [0.4, 0.5) is 13.2 Å². The highest BCUT2D eigenvalue weighted by Crippen LogP contribution is 2.29. The number of nitrogens with one attached hydrogen (secondary N) is 1. The summed E-state index contributed by atoms with van der Waals surface area (Å²) in [6, 6.07) is 8.19. The maximum Gasteiger partial charge on any atom is 0.390 e. The number of halogens is 3. The zero-order valence-electron chi connectivity index (χ0n) is 10.6. The van der Waals surface area contributed by atoms with Gasteiger partial charge in [0.25, 0.3) is 0 Å². The molecule has 102 valence electrons. The third-order valence-electron chi connectivity index (χ3n) is 2.81. The van der Waals surface area contributed by atoms with E-state index < -0.39 is 18.6 Å². The fourth-order valence-electron chi connectivity index (χ4n) is 1.88. The summed E-state index contributed by atoms with van der Waals surface area (Å²) in [5.74, 6) is 0. The lowest BCUT2D eigenvalue weighted by molar-refractivity contribution is -0.140. The minimum absolute atomic E-state index is 0.628. The smallest absolute Gasteiger partial charge is 0.310 e. The number of unbranched alkanes of at least 4 members (excludes halogenated alkanes) is 2. The molecule has 0 heterocycles. The number of rotatable bonds is 7. The van der Waals surface area contributed by atoms with Crippen LogP contribution in [0.1, 0.15) is 44.2 Å². The first-order chi connectivity index (χ1) is 8.53. The van der Waals surface area contributed by atoms with Gasteiger partial charge in [-0.1, -0.05) is 50.1 Å². The molecule has 4 heteroatoms. The lowest BCUT2D eigenvalue weighted by Crippen LogP contribution is -2.27. The Morgan fingerprint density at radius 3 is 2.33 bits per heavy atom. The Balaban J connectivity index is 2.58. The highest BCUT2D eigenvalue weighted by molar-refractivity contribution is 5.19. The predicted molar refractivity (Wildman–Crippen MR) is 67.4 cm³/mol. The first-order valence-corrected chi connectivity index (χ1v) is 6.38. The van der Waals surface area contributed by atoms with Crippen molar-refractivity contribution in [1.82, 2.24) is 5.32 Å². The van der Waals surface area contributed by atoms with Crippen molar-refractivity contribution < 1.29 is 13.2 Å². The van der Waals surface area contributed by atoms with Gasteiger partial charge in [-0.15, -0.1) is 0 Å². The van der Waals surface area contributed by atoms with Gasteiger partial charge in [0.15, 0.2) is 0 Å². The topological polar surface area (TPSA) is 12.0 Å². The molecular formula is C14H20F3N. The van der Waals surface area contributed by atoms with Crippen molar-refractivity contribution in [2.45, 2.75) is 44.8 Å². The summed E-state index contributed by atoms with van der Waals surface area (Å²) in [4.78, 5) is 0. The Bertz CT molecular complexity index is 322. The number of alkyl halides is 3. The molecule has 0 aliphatic rings. The van der Waals surface area contributed by atoms with Gasteiger partial charge in [-0.25, -0.2) is 0 Å². The van der Waals surface area contributed by atoms with Gasteiger partial charge >= 0.3 is 6.18 Å². The Morgan fingerprint density at radius 2 is 1.78 bits per heavy atom. The van der Waals surface area contributed by atoms with Crippen LogP contribution in [0.3, 0.4) is 0 Å². The van der Waals surface area contributed by atoms with Crippen molar-refractivity contribution in [3.63, 3.8) is 0 Å². The summed E-state index contributed by atoms with van der Waals surface area (Å²) in [5.41, 5.74) is 0.700. The molecule has 0 saturated heterocycles. The molecule has 0 radical (unpaired) electrons. The van der Waals surface area contributed by atoms with E-state index in [9.17, 15) is 13.2 Å². The predicted octanol–water partition coefficient (Wildman–Crippen LogP) is 4.46. The standard InChI is InChI=1S/C14H20F3N/c1-2-3-7-10-18-13(11-14(15,16)17)12-8-5-4-6-9-12/h4-6,8-9,13,18H,2-3,7,10-11H2,1H3. The molecule has 0 amide bonds. The van der Waals surface area contributed by atoms with Crippen molar-refractivity contribution in [1.29, 1.82) is 0 Å². The lowest BCUT2D eigenvalue weighted by Gasteiger charge is -2.20. The molecule has 1 nitrogen and oxygen atoms in total. The van der Waals surface area contributed by atoms with E-state index in [0.717, 1.165) is 19.3 Å². The Hall–Kier alpha value is -1.03. The monoisotopic (exact) mass is 259 g/mol. The minimum Gasteiger partial charge on any atom is -0.310 e. The highest BCUT2D eigenvalue weighted by Gasteiger charge is 2.32. The van der Waals surface area contributed by atoms with Crippen molar-refractivity contribution >= 4 is 0 Å². The molecule has 1 atom stereocenters. The third kappa shape index (κ3) is 6.05. The molecule has 1 aromatic rings. The quantitative estimate of drug-likeness (QED) is 0.713. The maximum absolute atomic E-state index is 12.5. The van der Waals surface area contributed by atoms with Crippen LogP contribution in [0.15, 0.2) is 30.3 Å². The first-order valence-electron chi connectivity index (χ1n) is 6.38. The van der Waals surface area contributed by atoms with Crippen LogP contribution in [-0.4, -0.2) is 12.7 Å². The van der Waals surface area contributed by atoms with Gasteiger partial charge < -0.3 is 5.32 Å². The van der Waals surface area contributed by atoms with E-state index >= 15 is 0 Å². The third-order valence-corrected chi connectivity index (χ3v) is 2.81. The van der Waals surface area contributed by atoms with Crippen LogP contribution in [0, 0.1) is 0 Å². The van der Waals surface area contributed by atoms with Crippen molar-refractivity contribution in [2.24, 2.45) is 0 Å². The lowest BCUT2D eigenvalue weighted by atomic mass is 10.0. The van der Waals surface area contributed by atoms with Gasteiger partial charge in [0.05, 0.1) is 6.42 Å². The fourth-order valence-corrected chi connectivity index (χ4v) is 1.88. The number of hydrogen-bond donors (Lipinski definition) is 1. The van der Waals surface area contributed by atoms with Gasteiger partial charge in [0.1, 0.15) is 0 Å². The van der Waals surface area contributed by atoms with E-state index in [1.165, 1.54) is 0 Å². The van der Waals surface area contributed by atoms with Gasteiger partial charge in [0.2, 0.25) is 0 Å². The zero-order chi connectivity index (χ0) is 13.4. The molecule has 0 fully saturated rings. The Kier molecular flexibility index (Phi) is 6.19. The summed E-state index contributed by atoms with van der Waals surface area (Å²) in [5, 5.41) is 3.01. The average molecular weight is 259 g/mol. The summed E-state index contributed by atoms with van der Waals surface area (Å²) in [7, 11) is 0. The molecule has 1 aromatic carbocycles. The molecule has 0 bridgehead atoms. The molecule has 0 aliphatic heterocycles. The van der Waals surface area contributed by atoms with Gasteiger partial charge in [-0.2, -0.15) is 13.2 Å². The molecular weight excluding hydrogens is 239 g/mol. The molecule has 0 saturated carbocycles.